The van der Waals surface area contributed by atoms with E-state index >= 15 is 0 Å². The molecule has 2 aromatic carbocycles. The first-order valence-electron chi connectivity index (χ1n) is 9.22. The number of hydrogen-bond donors (Lipinski definition) is 1. The average molecular weight is 384 g/mol. The number of ether oxygens (including phenoxy) is 1. The van der Waals surface area contributed by atoms with Crippen LogP contribution < -0.4 is 5.32 Å². The number of aryl methyl sites for hydroxylation is 1. The number of thioether (sulfide) groups is 1. The second kappa shape index (κ2) is 10.1. The number of aliphatic imine (C=N–C) groups is 1. The van der Waals surface area contributed by atoms with Crippen LogP contribution in [0.1, 0.15) is 12.5 Å². The smallest absolute Gasteiger partial charge is 0.234 e. The number of amides is 1. The van der Waals surface area contributed by atoms with Crippen molar-refractivity contribution in [2.75, 3.05) is 37.4 Å². The van der Waals surface area contributed by atoms with Gasteiger partial charge in [0.25, 0.3) is 0 Å². The Labute approximate surface area is 164 Å². The van der Waals surface area contributed by atoms with Gasteiger partial charge < -0.3 is 15.0 Å². The number of para-hydroxylation sites is 1. The molecule has 1 heterocycles. The maximum absolute atomic E-state index is 12.4. The van der Waals surface area contributed by atoms with E-state index in [9.17, 15) is 4.79 Å². The zero-order chi connectivity index (χ0) is 18.9. The number of nitrogens with zero attached hydrogens (tertiary/aromatic N) is 2. The van der Waals surface area contributed by atoms with E-state index in [4.69, 9.17) is 9.73 Å². The number of amidine groups is 1. The minimum absolute atomic E-state index is 0.0294. The third kappa shape index (κ3) is 6.12. The molecule has 0 atom stereocenters. The van der Waals surface area contributed by atoms with Crippen LogP contribution in [0.5, 0.6) is 0 Å². The van der Waals surface area contributed by atoms with Gasteiger partial charge in [-0.3, -0.25) is 4.79 Å². The molecule has 1 N–H and O–H groups in total. The summed E-state index contributed by atoms with van der Waals surface area (Å²) in [5.41, 5.74) is 2.97. The van der Waals surface area contributed by atoms with Crippen LogP contribution in [0.4, 0.5) is 11.4 Å². The van der Waals surface area contributed by atoms with Gasteiger partial charge in [0, 0.05) is 18.8 Å². The Morgan fingerprint density at radius 1 is 1.11 bits per heavy atom. The number of rotatable bonds is 5. The first-order chi connectivity index (χ1) is 13.2. The molecule has 0 spiro atoms. The molecule has 6 heteroatoms. The molecule has 142 valence electrons. The van der Waals surface area contributed by atoms with Crippen molar-refractivity contribution < 1.29 is 9.53 Å². The van der Waals surface area contributed by atoms with Gasteiger partial charge in [-0.2, -0.15) is 0 Å². The molecule has 0 saturated carbocycles. The molecular formula is C21H25N3O2S. The summed E-state index contributed by atoms with van der Waals surface area (Å²) in [5, 5.41) is 3.82. The molecule has 2 aromatic rings. The Kier molecular flexibility index (Phi) is 7.30. The molecule has 27 heavy (non-hydrogen) atoms. The first kappa shape index (κ1) is 19.5. The van der Waals surface area contributed by atoms with E-state index in [1.54, 1.807) is 0 Å². The second-order valence-electron chi connectivity index (χ2n) is 6.22. The Morgan fingerprint density at radius 2 is 1.81 bits per heavy atom. The van der Waals surface area contributed by atoms with Crippen LogP contribution in [-0.4, -0.2) is 48.0 Å². The Morgan fingerprint density at radius 3 is 2.48 bits per heavy atom. The lowest BCUT2D eigenvalue weighted by atomic mass is 10.1. The molecule has 1 saturated heterocycles. The van der Waals surface area contributed by atoms with Gasteiger partial charge >= 0.3 is 0 Å². The van der Waals surface area contributed by atoms with Crippen molar-refractivity contribution in [3.63, 3.8) is 0 Å². The molecule has 1 aliphatic heterocycles. The summed E-state index contributed by atoms with van der Waals surface area (Å²) in [7, 11) is 0. The maximum Gasteiger partial charge on any atom is 0.234 e. The largest absolute Gasteiger partial charge is 0.378 e. The number of nitrogens with one attached hydrogen (secondary N) is 1. The zero-order valence-corrected chi connectivity index (χ0v) is 16.4. The Hall–Kier alpha value is -2.31. The lowest BCUT2D eigenvalue weighted by Crippen LogP contribution is -2.39. The fraction of sp³-hybridized carbons (Fsp3) is 0.333. The van der Waals surface area contributed by atoms with Crippen molar-refractivity contribution in [3.05, 3.63) is 60.2 Å². The fourth-order valence-electron chi connectivity index (χ4n) is 2.71. The second-order valence-corrected chi connectivity index (χ2v) is 7.16. The summed E-state index contributed by atoms with van der Waals surface area (Å²) < 4.78 is 5.44. The lowest BCUT2D eigenvalue weighted by molar-refractivity contribution is -0.113. The summed E-state index contributed by atoms with van der Waals surface area (Å²) in [5.74, 6) is 0.289. The van der Waals surface area contributed by atoms with Gasteiger partial charge in [-0.15, -0.1) is 0 Å². The summed E-state index contributed by atoms with van der Waals surface area (Å²) >= 11 is 1.47. The zero-order valence-electron chi connectivity index (χ0n) is 15.6. The van der Waals surface area contributed by atoms with Crippen molar-refractivity contribution in [2.24, 2.45) is 4.99 Å². The third-order valence-electron chi connectivity index (χ3n) is 4.24. The highest BCUT2D eigenvalue weighted by Gasteiger charge is 2.17. The van der Waals surface area contributed by atoms with Crippen molar-refractivity contribution in [1.29, 1.82) is 0 Å². The first-order valence-corrected chi connectivity index (χ1v) is 10.2. The van der Waals surface area contributed by atoms with E-state index in [1.807, 2.05) is 54.6 Å². The molecule has 0 radical (unpaired) electrons. The standard InChI is InChI=1S/C21H25N3O2S/c1-2-17-8-10-19(11-9-17)22-20(25)16-27-21(24-12-14-26-15-13-24)23-18-6-4-3-5-7-18/h3-11H,2,12-16H2,1H3,(H,22,25). The Bertz CT molecular complexity index is 757. The molecule has 1 amide bonds. The van der Waals surface area contributed by atoms with E-state index in [0.717, 1.165) is 36.1 Å². The van der Waals surface area contributed by atoms with Crippen LogP contribution in [0.2, 0.25) is 0 Å². The molecule has 0 unspecified atom stereocenters. The Balaban J connectivity index is 1.62. The summed E-state index contributed by atoms with van der Waals surface area (Å²) in [4.78, 5) is 19.3. The molecule has 5 nitrogen and oxygen atoms in total. The predicted molar refractivity (Wildman–Crippen MR) is 113 cm³/mol. The highest BCUT2D eigenvalue weighted by Crippen LogP contribution is 2.19. The van der Waals surface area contributed by atoms with E-state index in [-0.39, 0.29) is 5.91 Å². The topological polar surface area (TPSA) is 53.9 Å². The fourth-order valence-corrected chi connectivity index (χ4v) is 3.58. The van der Waals surface area contributed by atoms with Crippen molar-refractivity contribution in [2.45, 2.75) is 13.3 Å². The number of hydrogen-bond acceptors (Lipinski definition) is 4. The minimum atomic E-state index is -0.0294. The highest BCUT2D eigenvalue weighted by molar-refractivity contribution is 8.14. The quantitative estimate of drug-likeness (QED) is 0.628. The molecule has 0 aliphatic carbocycles. The molecule has 0 bridgehead atoms. The number of carbonyl (C=O) groups excluding carboxylic acids is 1. The van der Waals surface area contributed by atoms with Crippen molar-refractivity contribution >= 4 is 34.2 Å². The van der Waals surface area contributed by atoms with Crippen LogP contribution in [0.25, 0.3) is 0 Å². The van der Waals surface area contributed by atoms with Crippen molar-refractivity contribution in [3.8, 4) is 0 Å². The highest BCUT2D eigenvalue weighted by atomic mass is 32.2. The van der Waals surface area contributed by atoms with Crippen LogP contribution >= 0.6 is 11.8 Å². The van der Waals surface area contributed by atoms with Gasteiger partial charge in [0.1, 0.15) is 0 Å². The number of morpholine rings is 1. The van der Waals surface area contributed by atoms with Gasteiger partial charge in [0.05, 0.1) is 24.7 Å². The average Bonchev–Trinajstić information content (AvgIpc) is 2.73. The van der Waals surface area contributed by atoms with E-state index in [2.05, 4.69) is 17.1 Å². The summed E-state index contributed by atoms with van der Waals surface area (Å²) in [6.07, 6.45) is 0.989. The molecule has 0 aromatic heterocycles. The van der Waals surface area contributed by atoms with Gasteiger partial charge in [-0.25, -0.2) is 4.99 Å². The van der Waals surface area contributed by atoms with Crippen LogP contribution in [-0.2, 0) is 16.0 Å². The lowest BCUT2D eigenvalue weighted by Gasteiger charge is -2.29. The SMILES string of the molecule is CCc1ccc(NC(=O)CSC(=Nc2ccccc2)N2CCOCC2)cc1. The molecule has 3 rings (SSSR count). The molecule has 1 fully saturated rings. The van der Waals surface area contributed by atoms with E-state index < -0.39 is 0 Å². The molecular weight excluding hydrogens is 358 g/mol. The molecule has 1 aliphatic rings. The van der Waals surface area contributed by atoms with Crippen LogP contribution in [0, 0.1) is 0 Å². The van der Waals surface area contributed by atoms with Gasteiger partial charge in [0.15, 0.2) is 5.17 Å². The number of benzene rings is 2. The normalized spacial score (nSPS) is 14.9. The van der Waals surface area contributed by atoms with E-state index in [0.29, 0.717) is 19.0 Å². The summed E-state index contributed by atoms with van der Waals surface area (Å²) in [6, 6.07) is 17.8. The number of anilines is 1. The maximum atomic E-state index is 12.4. The van der Waals surface area contributed by atoms with Crippen LogP contribution in [0.15, 0.2) is 59.6 Å². The monoisotopic (exact) mass is 383 g/mol. The number of carbonyl (C=O) groups is 1. The van der Waals surface area contributed by atoms with E-state index in [1.165, 1.54) is 17.3 Å². The predicted octanol–water partition coefficient (Wildman–Crippen LogP) is 3.94. The van der Waals surface area contributed by atoms with Gasteiger partial charge in [0.2, 0.25) is 5.91 Å². The van der Waals surface area contributed by atoms with Crippen LogP contribution in [0.3, 0.4) is 0 Å². The third-order valence-corrected chi connectivity index (χ3v) is 5.26. The van der Waals surface area contributed by atoms with Gasteiger partial charge in [-0.05, 0) is 36.2 Å². The minimum Gasteiger partial charge on any atom is -0.378 e. The summed E-state index contributed by atoms with van der Waals surface area (Å²) in [6.45, 7) is 5.07. The van der Waals surface area contributed by atoms with Crippen molar-refractivity contribution in [1.82, 2.24) is 4.90 Å². The van der Waals surface area contributed by atoms with Gasteiger partial charge in [-0.1, -0.05) is 49.0 Å².